The molecule has 0 saturated carbocycles. The highest BCUT2D eigenvalue weighted by Crippen LogP contribution is 2.50. The van der Waals surface area contributed by atoms with Gasteiger partial charge in [-0.2, -0.15) is 0 Å². The molecule has 0 aromatic heterocycles. The molecule has 0 bridgehead atoms. The molecule has 2 aliphatic rings. The van der Waals surface area contributed by atoms with Crippen LogP contribution in [0.25, 0.3) is 0 Å². The third kappa shape index (κ3) is 4.82. The number of hydrogen-bond acceptors (Lipinski definition) is 7. The summed E-state index contributed by atoms with van der Waals surface area (Å²) in [6.07, 6.45) is 1.89. The lowest BCUT2D eigenvalue weighted by Crippen LogP contribution is -2.30. The number of rotatable bonds is 7. The van der Waals surface area contributed by atoms with Gasteiger partial charge in [0.25, 0.3) is 5.91 Å². The van der Waals surface area contributed by atoms with Crippen molar-refractivity contribution >= 4 is 51.9 Å². The van der Waals surface area contributed by atoms with Gasteiger partial charge in [-0.25, -0.2) is 9.79 Å². The normalized spacial score (nSPS) is 18.9. The van der Waals surface area contributed by atoms with Crippen molar-refractivity contribution in [2.45, 2.75) is 38.5 Å². The van der Waals surface area contributed by atoms with E-state index in [9.17, 15) is 9.59 Å². The minimum Gasteiger partial charge on any atom is -0.462 e. The van der Waals surface area contributed by atoms with Crippen LogP contribution in [0.3, 0.4) is 0 Å². The van der Waals surface area contributed by atoms with Gasteiger partial charge in [0, 0.05) is 18.0 Å². The van der Waals surface area contributed by atoms with Crippen molar-refractivity contribution in [3.63, 3.8) is 0 Å². The molecule has 33 heavy (non-hydrogen) atoms. The molecule has 1 amide bonds. The first kappa shape index (κ1) is 23.4. The van der Waals surface area contributed by atoms with Crippen LogP contribution in [0.15, 0.2) is 68.4 Å². The predicted octanol–water partition coefficient (Wildman–Crippen LogP) is 6.03. The maximum atomic E-state index is 13.5. The molecule has 1 fully saturated rings. The van der Waals surface area contributed by atoms with Crippen LogP contribution in [0, 0.1) is 0 Å². The molecular weight excluding hydrogens is 454 g/mol. The second kappa shape index (κ2) is 10.5. The SMILES string of the molecule is CCCCN1C(=O)C(=C2Sc3ccccc3N2CC)SC1=Nc1ccc(C(=O)OCC)cc1. The first-order valence-electron chi connectivity index (χ1n) is 11.2. The monoisotopic (exact) mass is 481 g/mol. The number of esters is 1. The average molecular weight is 482 g/mol. The van der Waals surface area contributed by atoms with Gasteiger partial charge in [-0.05, 0) is 68.4 Å². The van der Waals surface area contributed by atoms with Crippen LogP contribution in [0.5, 0.6) is 0 Å². The number of hydrogen-bond donors (Lipinski definition) is 0. The van der Waals surface area contributed by atoms with E-state index in [1.807, 2.05) is 12.1 Å². The van der Waals surface area contributed by atoms with Crippen molar-refractivity contribution in [2.75, 3.05) is 24.6 Å². The zero-order valence-corrected chi connectivity index (χ0v) is 20.7. The highest BCUT2D eigenvalue weighted by Gasteiger charge is 2.39. The standard InChI is InChI=1S/C25H27N3O3S2/c1-4-7-16-28-22(29)21(23-27(5-2)19-10-8-9-11-20(19)32-23)33-25(28)26-18-14-12-17(13-15-18)24(30)31-6-3/h8-15H,4-7,16H2,1-3H3. The first-order valence-corrected chi connectivity index (χ1v) is 12.8. The van der Waals surface area contributed by atoms with E-state index in [2.05, 4.69) is 30.9 Å². The van der Waals surface area contributed by atoms with Gasteiger partial charge in [-0.3, -0.25) is 9.69 Å². The summed E-state index contributed by atoms with van der Waals surface area (Å²) in [4.78, 5) is 36.1. The molecule has 0 radical (unpaired) electrons. The largest absolute Gasteiger partial charge is 0.462 e. The van der Waals surface area contributed by atoms with Crippen LogP contribution in [0.1, 0.15) is 44.0 Å². The van der Waals surface area contributed by atoms with Crippen LogP contribution < -0.4 is 4.90 Å². The maximum absolute atomic E-state index is 13.5. The molecule has 1 saturated heterocycles. The topological polar surface area (TPSA) is 62.2 Å². The average Bonchev–Trinajstić information content (AvgIpc) is 3.35. The number of fused-ring (bicyclic) bond motifs is 1. The lowest BCUT2D eigenvalue weighted by atomic mass is 10.2. The van der Waals surface area contributed by atoms with Gasteiger partial charge in [0.2, 0.25) is 0 Å². The number of para-hydroxylation sites is 1. The third-order valence-electron chi connectivity index (χ3n) is 5.32. The van der Waals surface area contributed by atoms with E-state index in [1.54, 1.807) is 47.9 Å². The summed E-state index contributed by atoms with van der Waals surface area (Å²) in [6, 6.07) is 15.2. The zero-order valence-electron chi connectivity index (χ0n) is 19.0. The Morgan fingerprint density at radius 2 is 1.76 bits per heavy atom. The van der Waals surface area contributed by atoms with E-state index in [0.717, 1.165) is 39.9 Å². The summed E-state index contributed by atoms with van der Waals surface area (Å²) in [5, 5.41) is 1.64. The second-order valence-electron chi connectivity index (χ2n) is 7.52. The molecule has 2 aliphatic heterocycles. The molecule has 0 N–H and O–H groups in total. The highest BCUT2D eigenvalue weighted by molar-refractivity contribution is 8.19. The number of ether oxygens (including phenoxy) is 1. The van der Waals surface area contributed by atoms with Crippen LogP contribution in [-0.4, -0.2) is 41.6 Å². The van der Waals surface area contributed by atoms with Crippen molar-refractivity contribution in [2.24, 2.45) is 4.99 Å². The smallest absolute Gasteiger partial charge is 0.338 e. The second-order valence-corrected chi connectivity index (χ2v) is 9.53. The molecule has 0 unspecified atom stereocenters. The van der Waals surface area contributed by atoms with Crippen molar-refractivity contribution in [1.82, 2.24) is 4.90 Å². The zero-order chi connectivity index (χ0) is 23.4. The molecule has 2 heterocycles. The Kier molecular flexibility index (Phi) is 7.45. The number of carbonyl (C=O) groups excluding carboxylic acids is 2. The molecule has 8 heteroatoms. The summed E-state index contributed by atoms with van der Waals surface area (Å²) in [5.74, 6) is -0.347. The number of benzene rings is 2. The lowest BCUT2D eigenvalue weighted by Gasteiger charge is -2.19. The van der Waals surface area contributed by atoms with Crippen LogP contribution in [0.4, 0.5) is 11.4 Å². The number of anilines is 1. The van der Waals surface area contributed by atoms with E-state index in [1.165, 1.54) is 11.8 Å². The summed E-state index contributed by atoms with van der Waals surface area (Å²) in [6.45, 7) is 7.74. The van der Waals surface area contributed by atoms with Crippen molar-refractivity contribution in [1.29, 1.82) is 0 Å². The van der Waals surface area contributed by atoms with Gasteiger partial charge < -0.3 is 9.64 Å². The molecule has 0 atom stereocenters. The summed E-state index contributed by atoms with van der Waals surface area (Å²) >= 11 is 3.07. The molecule has 172 valence electrons. The van der Waals surface area contributed by atoms with Gasteiger partial charge in [-0.1, -0.05) is 37.2 Å². The van der Waals surface area contributed by atoms with Crippen LogP contribution in [-0.2, 0) is 9.53 Å². The Hall–Kier alpha value is -2.71. The fourth-order valence-electron chi connectivity index (χ4n) is 3.65. The van der Waals surface area contributed by atoms with Gasteiger partial charge in [0.15, 0.2) is 5.17 Å². The maximum Gasteiger partial charge on any atom is 0.338 e. The van der Waals surface area contributed by atoms with Gasteiger partial charge in [0.1, 0.15) is 9.93 Å². The van der Waals surface area contributed by atoms with E-state index in [0.29, 0.717) is 29.6 Å². The fraction of sp³-hybridized carbons (Fsp3) is 0.320. The molecule has 4 rings (SSSR count). The Labute approximate surface area is 203 Å². The van der Waals surface area contributed by atoms with Crippen molar-refractivity contribution in [3.05, 3.63) is 64.0 Å². The number of nitrogens with zero attached hydrogens (tertiary/aromatic N) is 3. The highest BCUT2D eigenvalue weighted by atomic mass is 32.2. The van der Waals surface area contributed by atoms with Crippen LogP contribution >= 0.6 is 23.5 Å². The number of amides is 1. The predicted molar refractivity (Wildman–Crippen MR) is 136 cm³/mol. The Bertz CT molecular complexity index is 1110. The Balaban J connectivity index is 1.67. The van der Waals surface area contributed by atoms with E-state index >= 15 is 0 Å². The minimum absolute atomic E-state index is 0.00380. The Morgan fingerprint density at radius 1 is 1.00 bits per heavy atom. The number of carbonyl (C=O) groups is 2. The molecule has 6 nitrogen and oxygen atoms in total. The molecular formula is C25H27N3O3S2. The minimum atomic E-state index is -0.351. The molecule has 2 aromatic rings. The van der Waals surface area contributed by atoms with Gasteiger partial charge in [0.05, 0.1) is 23.5 Å². The molecule has 0 spiro atoms. The lowest BCUT2D eigenvalue weighted by molar-refractivity contribution is -0.122. The third-order valence-corrected chi connectivity index (χ3v) is 7.70. The van der Waals surface area contributed by atoms with E-state index in [-0.39, 0.29) is 11.9 Å². The summed E-state index contributed by atoms with van der Waals surface area (Å²) in [7, 11) is 0. The Morgan fingerprint density at radius 3 is 2.45 bits per heavy atom. The molecule has 2 aromatic carbocycles. The van der Waals surface area contributed by atoms with Gasteiger partial charge in [-0.15, -0.1) is 0 Å². The quantitative estimate of drug-likeness (QED) is 0.356. The first-order chi connectivity index (χ1) is 16.1. The van der Waals surface area contributed by atoms with Gasteiger partial charge >= 0.3 is 5.97 Å². The van der Waals surface area contributed by atoms with E-state index < -0.39 is 0 Å². The number of aliphatic imine (C=N–C) groups is 1. The van der Waals surface area contributed by atoms with Crippen molar-refractivity contribution in [3.8, 4) is 0 Å². The molecule has 0 aliphatic carbocycles. The number of unbranched alkanes of at least 4 members (excludes halogenated alkanes) is 1. The summed E-state index contributed by atoms with van der Waals surface area (Å²) in [5.41, 5.74) is 2.32. The van der Waals surface area contributed by atoms with E-state index in [4.69, 9.17) is 9.73 Å². The number of amidine groups is 1. The van der Waals surface area contributed by atoms with Crippen LogP contribution in [0.2, 0.25) is 0 Å². The number of thioether (sulfide) groups is 2. The fourth-order valence-corrected chi connectivity index (χ4v) is 6.06. The van der Waals surface area contributed by atoms with Crippen molar-refractivity contribution < 1.29 is 14.3 Å². The summed E-state index contributed by atoms with van der Waals surface area (Å²) < 4.78 is 5.05.